The fraction of sp³-hybridized carbons (Fsp3) is 0.0476. The number of rotatable bonds is 6. The highest BCUT2D eigenvalue weighted by molar-refractivity contribution is 6.30. The molecule has 0 fully saturated rings. The Hall–Kier alpha value is -3.31. The topological polar surface area (TPSA) is 71.3 Å². The standard InChI is InChI=1S/C21H17ClN2O3/c22-17-8-3-15(4-9-17)5-12-20(25)24-18-10-6-16(7-11-18)21(26)23-14-19-2-1-13-27-19/h1-13H,14H2,(H,23,26)(H,24,25)/b12-5+. The van der Waals surface area contributed by atoms with E-state index in [4.69, 9.17) is 16.0 Å². The number of benzene rings is 2. The number of nitrogens with one attached hydrogen (secondary N) is 2. The van der Waals surface area contributed by atoms with E-state index in [0.29, 0.717) is 28.6 Å². The van der Waals surface area contributed by atoms with Crippen LogP contribution in [0.15, 0.2) is 77.4 Å². The second-order valence-electron chi connectivity index (χ2n) is 5.71. The molecule has 0 aliphatic carbocycles. The van der Waals surface area contributed by atoms with Crippen LogP contribution in [0.1, 0.15) is 21.7 Å². The number of carbonyl (C=O) groups is 2. The van der Waals surface area contributed by atoms with Gasteiger partial charge in [0.15, 0.2) is 0 Å². The largest absolute Gasteiger partial charge is 0.467 e. The first kappa shape index (κ1) is 18.5. The van der Waals surface area contributed by atoms with Crippen molar-refractivity contribution >= 4 is 35.2 Å². The van der Waals surface area contributed by atoms with Crippen LogP contribution in [0.25, 0.3) is 6.08 Å². The van der Waals surface area contributed by atoms with Gasteiger partial charge in [0.25, 0.3) is 5.91 Å². The van der Waals surface area contributed by atoms with E-state index in [9.17, 15) is 9.59 Å². The molecule has 3 rings (SSSR count). The summed E-state index contributed by atoms with van der Waals surface area (Å²) in [6, 6.07) is 17.4. The second-order valence-corrected chi connectivity index (χ2v) is 6.15. The van der Waals surface area contributed by atoms with Crippen molar-refractivity contribution in [1.82, 2.24) is 5.32 Å². The number of anilines is 1. The van der Waals surface area contributed by atoms with Crippen LogP contribution in [0.4, 0.5) is 5.69 Å². The zero-order valence-corrected chi connectivity index (χ0v) is 15.1. The Balaban J connectivity index is 1.52. The molecule has 1 heterocycles. The minimum Gasteiger partial charge on any atom is -0.467 e. The van der Waals surface area contributed by atoms with E-state index in [1.807, 2.05) is 12.1 Å². The predicted molar refractivity (Wildman–Crippen MR) is 105 cm³/mol. The molecule has 0 unspecified atom stereocenters. The number of amides is 2. The molecule has 0 atom stereocenters. The zero-order chi connectivity index (χ0) is 19.1. The maximum absolute atomic E-state index is 12.1. The number of carbonyl (C=O) groups excluding carboxylic acids is 2. The highest BCUT2D eigenvalue weighted by Gasteiger charge is 2.06. The lowest BCUT2D eigenvalue weighted by atomic mass is 10.2. The van der Waals surface area contributed by atoms with E-state index >= 15 is 0 Å². The summed E-state index contributed by atoms with van der Waals surface area (Å²) in [4.78, 5) is 24.1. The van der Waals surface area contributed by atoms with Crippen LogP contribution in [-0.4, -0.2) is 11.8 Å². The van der Waals surface area contributed by atoms with Gasteiger partial charge in [0.1, 0.15) is 5.76 Å². The molecule has 5 nitrogen and oxygen atoms in total. The zero-order valence-electron chi connectivity index (χ0n) is 14.3. The van der Waals surface area contributed by atoms with Gasteiger partial charge in [0.2, 0.25) is 5.91 Å². The fourth-order valence-electron chi connectivity index (χ4n) is 2.32. The van der Waals surface area contributed by atoms with Crippen LogP contribution in [0.2, 0.25) is 5.02 Å². The molecule has 0 radical (unpaired) electrons. The summed E-state index contributed by atoms with van der Waals surface area (Å²) in [7, 11) is 0. The molecule has 2 amide bonds. The van der Waals surface area contributed by atoms with Gasteiger partial charge in [-0.05, 0) is 60.2 Å². The van der Waals surface area contributed by atoms with Crippen molar-refractivity contribution in [2.75, 3.05) is 5.32 Å². The second kappa shape index (κ2) is 8.87. The smallest absolute Gasteiger partial charge is 0.251 e. The van der Waals surface area contributed by atoms with Crippen molar-refractivity contribution < 1.29 is 14.0 Å². The molecule has 3 aromatic rings. The molecule has 0 spiro atoms. The quantitative estimate of drug-likeness (QED) is 0.618. The average Bonchev–Trinajstić information content (AvgIpc) is 3.20. The Morgan fingerprint density at radius 3 is 2.41 bits per heavy atom. The Morgan fingerprint density at radius 1 is 1.00 bits per heavy atom. The summed E-state index contributed by atoms with van der Waals surface area (Å²) in [5.74, 6) is 0.201. The fourth-order valence-corrected chi connectivity index (χ4v) is 2.44. The van der Waals surface area contributed by atoms with Crippen LogP contribution in [-0.2, 0) is 11.3 Å². The predicted octanol–water partition coefficient (Wildman–Crippen LogP) is 4.51. The van der Waals surface area contributed by atoms with E-state index < -0.39 is 0 Å². The Morgan fingerprint density at radius 2 is 1.74 bits per heavy atom. The van der Waals surface area contributed by atoms with Gasteiger partial charge in [-0.2, -0.15) is 0 Å². The molecule has 0 bridgehead atoms. The summed E-state index contributed by atoms with van der Waals surface area (Å²) in [6.07, 6.45) is 4.69. The maximum atomic E-state index is 12.1. The molecule has 2 aromatic carbocycles. The lowest BCUT2D eigenvalue weighted by molar-refractivity contribution is -0.111. The van der Waals surface area contributed by atoms with E-state index in [2.05, 4.69) is 10.6 Å². The molecule has 27 heavy (non-hydrogen) atoms. The molecule has 1 aromatic heterocycles. The van der Waals surface area contributed by atoms with Crippen LogP contribution in [0.5, 0.6) is 0 Å². The Labute approximate surface area is 161 Å². The summed E-state index contributed by atoms with van der Waals surface area (Å²) in [6.45, 7) is 0.319. The Kier molecular flexibility index (Phi) is 6.07. The van der Waals surface area contributed by atoms with Gasteiger partial charge < -0.3 is 15.1 Å². The molecule has 0 saturated carbocycles. The van der Waals surface area contributed by atoms with Gasteiger partial charge in [-0.1, -0.05) is 23.7 Å². The SMILES string of the molecule is O=C(/C=C/c1ccc(Cl)cc1)Nc1ccc(C(=O)NCc2ccco2)cc1. The van der Waals surface area contributed by atoms with Gasteiger partial charge in [0.05, 0.1) is 12.8 Å². The van der Waals surface area contributed by atoms with Crippen LogP contribution < -0.4 is 10.6 Å². The highest BCUT2D eigenvalue weighted by Crippen LogP contribution is 2.12. The number of hydrogen-bond acceptors (Lipinski definition) is 3. The van der Waals surface area contributed by atoms with Gasteiger partial charge in [-0.3, -0.25) is 9.59 Å². The molecule has 0 aliphatic heterocycles. The van der Waals surface area contributed by atoms with Gasteiger partial charge in [-0.15, -0.1) is 0 Å². The summed E-state index contributed by atoms with van der Waals surface area (Å²) in [5, 5.41) is 6.15. The molecular weight excluding hydrogens is 364 g/mol. The number of furan rings is 1. The normalized spacial score (nSPS) is 10.7. The lowest BCUT2D eigenvalue weighted by Gasteiger charge is -2.06. The third-order valence-electron chi connectivity index (χ3n) is 3.72. The van der Waals surface area contributed by atoms with Gasteiger partial charge >= 0.3 is 0 Å². The van der Waals surface area contributed by atoms with Crippen molar-refractivity contribution in [2.45, 2.75) is 6.54 Å². The third-order valence-corrected chi connectivity index (χ3v) is 3.97. The van der Waals surface area contributed by atoms with Gasteiger partial charge in [-0.25, -0.2) is 0 Å². The van der Waals surface area contributed by atoms with E-state index in [1.165, 1.54) is 6.08 Å². The van der Waals surface area contributed by atoms with Crippen LogP contribution in [0, 0.1) is 0 Å². The summed E-state index contributed by atoms with van der Waals surface area (Å²) in [5.41, 5.74) is 1.97. The summed E-state index contributed by atoms with van der Waals surface area (Å²) >= 11 is 5.83. The van der Waals surface area contributed by atoms with Crippen molar-refractivity contribution in [2.24, 2.45) is 0 Å². The minimum absolute atomic E-state index is 0.216. The molecule has 6 heteroatoms. The van der Waals surface area contributed by atoms with E-state index in [1.54, 1.807) is 60.9 Å². The van der Waals surface area contributed by atoms with Crippen LogP contribution in [0.3, 0.4) is 0 Å². The molecule has 0 aliphatic rings. The number of halogens is 1. The minimum atomic E-state index is -0.264. The first-order chi connectivity index (χ1) is 13.1. The third kappa shape index (κ3) is 5.59. The molecular formula is C21H17ClN2O3. The Bertz CT molecular complexity index is 931. The number of hydrogen-bond donors (Lipinski definition) is 2. The molecule has 0 saturated heterocycles. The first-order valence-electron chi connectivity index (χ1n) is 8.25. The van der Waals surface area contributed by atoms with E-state index in [-0.39, 0.29) is 11.8 Å². The van der Waals surface area contributed by atoms with Crippen molar-refractivity contribution in [3.8, 4) is 0 Å². The maximum Gasteiger partial charge on any atom is 0.251 e. The van der Waals surface area contributed by atoms with Crippen molar-refractivity contribution in [3.05, 3.63) is 94.9 Å². The molecule has 2 N–H and O–H groups in total. The lowest BCUT2D eigenvalue weighted by Crippen LogP contribution is -2.22. The van der Waals surface area contributed by atoms with Crippen LogP contribution >= 0.6 is 11.6 Å². The average molecular weight is 381 g/mol. The monoisotopic (exact) mass is 380 g/mol. The molecule has 136 valence electrons. The van der Waals surface area contributed by atoms with Crippen molar-refractivity contribution in [3.63, 3.8) is 0 Å². The van der Waals surface area contributed by atoms with Gasteiger partial charge in [0, 0.05) is 22.3 Å². The summed E-state index contributed by atoms with van der Waals surface area (Å²) < 4.78 is 5.17. The first-order valence-corrected chi connectivity index (χ1v) is 8.63. The van der Waals surface area contributed by atoms with E-state index in [0.717, 1.165) is 5.56 Å². The van der Waals surface area contributed by atoms with Crippen molar-refractivity contribution in [1.29, 1.82) is 0 Å². The highest BCUT2D eigenvalue weighted by atomic mass is 35.5.